The standard InChI is InChI=1S/C21H25F2N3O3/c1-14-19(24-20(29-14)17-5-4-16(22)11-18(17)23)13-25-6-2-3-15(12-25)21(27)26-7-9-28-10-8-26/h4-5,11,15H,2-3,6-10,12-13H2,1H3. The molecule has 3 heterocycles. The molecule has 2 aliphatic heterocycles. The summed E-state index contributed by atoms with van der Waals surface area (Å²) in [5.74, 6) is -0.420. The minimum absolute atomic E-state index is 0.0249. The summed E-state index contributed by atoms with van der Waals surface area (Å²) in [4.78, 5) is 21.3. The highest BCUT2D eigenvalue weighted by Gasteiger charge is 2.30. The maximum atomic E-state index is 14.1. The molecule has 0 N–H and O–H groups in total. The van der Waals surface area contributed by atoms with Crippen molar-refractivity contribution in [2.75, 3.05) is 39.4 Å². The fraction of sp³-hybridized carbons (Fsp3) is 0.524. The fourth-order valence-electron chi connectivity index (χ4n) is 4.01. The Labute approximate surface area is 168 Å². The van der Waals surface area contributed by atoms with Crippen LogP contribution in [0.15, 0.2) is 22.6 Å². The number of piperidine rings is 1. The predicted molar refractivity (Wildman–Crippen MR) is 102 cm³/mol. The van der Waals surface area contributed by atoms with Crippen LogP contribution in [-0.4, -0.2) is 60.1 Å². The smallest absolute Gasteiger partial charge is 0.229 e. The number of carbonyl (C=O) groups is 1. The van der Waals surface area contributed by atoms with E-state index in [2.05, 4.69) is 9.88 Å². The molecule has 2 saturated heterocycles. The first-order valence-electron chi connectivity index (χ1n) is 10.0. The van der Waals surface area contributed by atoms with Gasteiger partial charge in [-0.3, -0.25) is 9.69 Å². The average molecular weight is 405 g/mol. The predicted octanol–water partition coefficient (Wildman–Crippen LogP) is 3.00. The van der Waals surface area contributed by atoms with Crippen molar-refractivity contribution < 1.29 is 22.7 Å². The molecule has 2 aromatic rings. The quantitative estimate of drug-likeness (QED) is 0.783. The molecule has 0 aliphatic carbocycles. The van der Waals surface area contributed by atoms with E-state index in [0.29, 0.717) is 50.8 Å². The Morgan fingerprint density at radius 3 is 2.79 bits per heavy atom. The molecule has 1 unspecified atom stereocenters. The Kier molecular flexibility index (Phi) is 5.91. The van der Waals surface area contributed by atoms with E-state index < -0.39 is 11.6 Å². The Morgan fingerprint density at radius 1 is 1.24 bits per heavy atom. The average Bonchev–Trinajstić information content (AvgIpc) is 3.08. The van der Waals surface area contributed by atoms with Gasteiger partial charge in [0.1, 0.15) is 17.4 Å². The van der Waals surface area contributed by atoms with Crippen LogP contribution in [-0.2, 0) is 16.1 Å². The number of ether oxygens (including phenoxy) is 1. The van der Waals surface area contributed by atoms with E-state index in [4.69, 9.17) is 9.15 Å². The molecule has 8 heteroatoms. The molecule has 1 aromatic heterocycles. The number of aryl methyl sites for hydroxylation is 1. The van der Waals surface area contributed by atoms with Crippen molar-refractivity contribution >= 4 is 5.91 Å². The van der Waals surface area contributed by atoms with Gasteiger partial charge in [0.15, 0.2) is 0 Å². The first-order chi connectivity index (χ1) is 14.0. The van der Waals surface area contributed by atoms with Crippen molar-refractivity contribution in [3.05, 3.63) is 41.3 Å². The zero-order valence-corrected chi connectivity index (χ0v) is 16.5. The monoisotopic (exact) mass is 405 g/mol. The van der Waals surface area contributed by atoms with Gasteiger partial charge >= 0.3 is 0 Å². The molecule has 0 bridgehead atoms. The van der Waals surface area contributed by atoms with Crippen LogP contribution in [0.2, 0.25) is 0 Å². The number of hydrogen-bond donors (Lipinski definition) is 0. The van der Waals surface area contributed by atoms with Crippen molar-refractivity contribution in [2.24, 2.45) is 5.92 Å². The largest absolute Gasteiger partial charge is 0.441 e. The van der Waals surface area contributed by atoms with E-state index in [9.17, 15) is 13.6 Å². The first kappa shape index (κ1) is 20.0. The van der Waals surface area contributed by atoms with E-state index in [0.717, 1.165) is 25.5 Å². The highest BCUT2D eigenvalue weighted by atomic mass is 19.1. The Bertz CT molecular complexity index is 880. The number of nitrogens with zero attached hydrogens (tertiary/aromatic N) is 3. The second kappa shape index (κ2) is 8.59. The lowest BCUT2D eigenvalue weighted by molar-refractivity contribution is -0.141. The molecular formula is C21H25F2N3O3. The molecule has 0 radical (unpaired) electrons. The lowest BCUT2D eigenvalue weighted by Crippen LogP contribution is -2.48. The number of halogens is 2. The van der Waals surface area contributed by atoms with Crippen molar-refractivity contribution in [1.29, 1.82) is 0 Å². The summed E-state index contributed by atoms with van der Waals surface area (Å²) in [6.45, 7) is 6.38. The summed E-state index contributed by atoms with van der Waals surface area (Å²) >= 11 is 0. The van der Waals surface area contributed by atoms with Gasteiger partial charge in [-0.05, 0) is 38.4 Å². The SMILES string of the molecule is Cc1oc(-c2ccc(F)cc2F)nc1CN1CCCC(C(=O)N2CCOCC2)C1. The number of hydrogen-bond acceptors (Lipinski definition) is 5. The van der Waals surface area contributed by atoms with Crippen LogP contribution >= 0.6 is 0 Å². The van der Waals surface area contributed by atoms with Crippen molar-refractivity contribution in [3.8, 4) is 11.5 Å². The molecule has 1 amide bonds. The van der Waals surface area contributed by atoms with Crippen molar-refractivity contribution in [1.82, 2.24) is 14.8 Å². The molecule has 156 valence electrons. The third-order valence-electron chi connectivity index (χ3n) is 5.61. The minimum Gasteiger partial charge on any atom is -0.441 e. The number of oxazole rings is 1. The summed E-state index contributed by atoms with van der Waals surface area (Å²) in [7, 11) is 0. The summed E-state index contributed by atoms with van der Waals surface area (Å²) in [6, 6.07) is 3.34. The second-order valence-corrected chi connectivity index (χ2v) is 7.66. The zero-order valence-electron chi connectivity index (χ0n) is 16.5. The Balaban J connectivity index is 1.43. The van der Waals surface area contributed by atoms with E-state index in [1.54, 1.807) is 6.92 Å². The number of aromatic nitrogens is 1. The molecular weight excluding hydrogens is 380 g/mol. The van der Waals surface area contributed by atoms with Gasteiger partial charge < -0.3 is 14.1 Å². The fourth-order valence-corrected chi connectivity index (χ4v) is 4.01. The number of amides is 1. The summed E-state index contributed by atoms with van der Waals surface area (Å²) < 4.78 is 38.2. The lowest BCUT2D eigenvalue weighted by Gasteiger charge is -2.36. The second-order valence-electron chi connectivity index (χ2n) is 7.66. The number of morpholine rings is 1. The molecule has 29 heavy (non-hydrogen) atoms. The molecule has 6 nitrogen and oxygen atoms in total. The number of benzene rings is 1. The van der Waals surface area contributed by atoms with Crippen LogP contribution in [0.4, 0.5) is 8.78 Å². The summed E-state index contributed by atoms with van der Waals surface area (Å²) in [5, 5.41) is 0. The van der Waals surface area contributed by atoms with Crippen LogP contribution < -0.4 is 0 Å². The number of carbonyl (C=O) groups excluding carboxylic acids is 1. The molecule has 4 rings (SSSR count). The van der Waals surface area contributed by atoms with Gasteiger partial charge in [0.05, 0.1) is 30.4 Å². The molecule has 2 aliphatic rings. The molecule has 0 saturated carbocycles. The van der Waals surface area contributed by atoms with Gasteiger partial charge in [-0.25, -0.2) is 13.8 Å². The van der Waals surface area contributed by atoms with Crippen LogP contribution in [0.5, 0.6) is 0 Å². The lowest BCUT2D eigenvalue weighted by atomic mass is 9.96. The maximum Gasteiger partial charge on any atom is 0.229 e. The van der Waals surface area contributed by atoms with Gasteiger partial charge in [-0.2, -0.15) is 0 Å². The van der Waals surface area contributed by atoms with Gasteiger partial charge in [-0.15, -0.1) is 0 Å². The third-order valence-corrected chi connectivity index (χ3v) is 5.61. The van der Waals surface area contributed by atoms with Gasteiger partial charge in [0, 0.05) is 32.2 Å². The van der Waals surface area contributed by atoms with Crippen LogP contribution in [0, 0.1) is 24.5 Å². The Morgan fingerprint density at radius 2 is 2.03 bits per heavy atom. The van der Waals surface area contributed by atoms with Gasteiger partial charge in [0.2, 0.25) is 11.8 Å². The van der Waals surface area contributed by atoms with Crippen molar-refractivity contribution in [2.45, 2.75) is 26.3 Å². The van der Waals surface area contributed by atoms with Gasteiger partial charge in [-0.1, -0.05) is 0 Å². The Hall–Kier alpha value is -2.32. The summed E-state index contributed by atoms with van der Waals surface area (Å²) in [6.07, 6.45) is 1.83. The summed E-state index contributed by atoms with van der Waals surface area (Å²) in [5.41, 5.74) is 0.850. The van der Waals surface area contributed by atoms with E-state index in [1.807, 2.05) is 4.90 Å². The zero-order chi connectivity index (χ0) is 20.4. The van der Waals surface area contributed by atoms with E-state index in [1.165, 1.54) is 12.1 Å². The molecule has 0 spiro atoms. The van der Waals surface area contributed by atoms with E-state index >= 15 is 0 Å². The van der Waals surface area contributed by atoms with Crippen LogP contribution in [0.3, 0.4) is 0 Å². The molecule has 2 fully saturated rings. The molecule has 1 aromatic carbocycles. The van der Waals surface area contributed by atoms with Crippen LogP contribution in [0.25, 0.3) is 11.5 Å². The van der Waals surface area contributed by atoms with Gasteiger partial charge in [0.25, 0.3) is 0 Å². The topological polar surface area (TPSA) is 58.8 Å². The van der Waals surface area contributed by atoms with Crippen molar-refractivity contribution in [3.63, 3.8) is 0 Å². The number of likely N-dealkylation sites (tertiary alicyclic amines) is 1. The van der Waals surface area contributed by atoms with E-state index in [-0.39, 0.29) is 23.3 Å². The molecule has 1 atom stereocenters. The highest BCUT2D eigenvalue weighted by molar-refractivity contribution is 5.79. The maximum absolute atomic E-state index is 14.1. The number of rotatable bonds is 4. The highest BCUT2D eigenvalue weighted by Crippen LogP contribution is 2.27. The minimum atomic E-state index is -0.702. The normalized spacial score (nSPS) is 20.8. The third kappa shape index (κ3) is 4.48. The van der Waals surface area contributed by atoms with Crippen LogP contribution in [0.1, 0.15) is 24.3 Å². The first-order valence-corrected chi connectivity index (χ1v) is 10.0.